The third-order valence-electron chi connectivity index (χ3n) is 4.84. The van der Waals surface area contributed by atoms with Crippen LogP contribution in [0.3, 0.4) is 0 Å². The minimum Gasteiger partial charge on any atom is -0.241 e. The van der Waals surface area contributed by atoms with Gasteiger partial charge in [0.25, 0.3) is 10.0 Å². The molecule has 0 aliphatic heterocycles. The molecular formula is C24H33NO2S. The predicted molar refractivity (Wildman–Crippen MR) is 119 cm³/mol. The summed E-state index contributed by atoms with van der Waals surface area (Å²) in [5.41, 5.74) is 3.42. The SMILES string of the molecule is CC.CCCc1c(CCC(C)C)ccc2c1ccn2S(=O)(=O)c1ccccc1. The van der Waals surface area contributed by atoms with Crippen molar-refractivity contribution in [2.75, 3.05) is 0 Å². The van der Waals surface area contributed by atoms with E-state index in [0.717, 1.165) is 36.6 Å². The molecule has 2 aromatic carbocycles. The summed E-state index contributed by atoms with van der Waals surface area (Å²) in [7, 11) is -3.58. The van der Waals surface area contributed by atoms with Crippen molar-refractivity contribution in [2.45, 2.75) is 65.2 Å². The van der Waals surface area contributed by atoms with Gasteiger partial charge < -0.3 is 0 Å². The minimum atomic E-state index is -3.58. The van der Waals surface area contributed by atoms with Crippen LogP contribution in [0.1, 0.15) is 58.6 Å². The van der Waals surface area contributed by atoms with Gasteiger partial charge in [-0.05, 0) is 60.6 Å². The Morgan fingerprint density at radius 2 is 1.61 bits per heavy atom. The first kappa shape index (κ1) is 22.2. The Balaban J connectivity index is 0.00000136. The largest absolute Gasteiger partial charge is 0.268 e. The number of hydrogen-bond donors (Lipinski definition) is 0. The lowest BCUT2D eigenvalue weighted by Gasteiger charge is -2.13. The maximum Gasteiger partial charge on any atom is 0.268 e. The van der Waals surface area contributed by atoms with Crippen molar-refractivity contribution in [1.82, 2.24) is 3.97 Å². The topological polar surface area (TPSA) is 39.1 Å². The molecule has 0 N–H and O–H groups in total. The molecule has 0 radical (unpaired) electrons. The molecule has 152 valence electrons. The van der Waals surface area contributed by atoms with Crippen LogP contribution in [0, 0.1) is 5.92 Å². The molecule has 0 atom stereocenters. The van der Waals surface area contributed by atoms with Gasteiger partial charge in [-0.25, -0.2) is 12.4 Å². The second-order valence-corrected chi connectivity index (χ2v) is 9.06. The molecule has 0 amide bonds. The molecule has 3 aromatic rings. The molecule has 0 saturated carbocycles. The Bertz CT molecular complexity index is 986. The Morgan fingerprint density at radius 1 is 0.929 bits per heavy atom. The number of nitrogens with zero attached hydrogens (tertiary/aromatic N) is 1. The molecule has 3 rings (SSSR count). The summed E-state index contributed by atoms with van der Waals surface area (Å²) in [6.07, 6.45) is 5.90. The van der Waals surface area contributed by atoms with Crippen LogP contribution in [-0.2, 0) is 22.9 Å². The molecule has 0 bridgehead atoms. The first-order valence-electron chi connectivity index (χ1n) is 10.4. The van der Waals surface area contributed by atoms with Crippen LogP contribution in [0.2, 0.25) is 0 Å². The predicted octanol–water partition coefficient (Wildman–Crippen LogP) is 6.45. The highest BCUT2D eigenvalue weighted by Crippen LogP contribution is 2.29. The lowest BCUT2D eigenvalue weighted by atomic mass is 9.94. The van der Waals surface area contributed by atoms with Crippen molar-refractivity contribution in [3.63, 3.8) is 0 Å². The normalized spacial score (nSPS) is 11.5. The molecule has 0 aliphatic carbocycles. The highest BCUT2D eigenvalue weighted by atomic mass is 32.2. The van der Waals surface area contributed by atoms with Gasteiger partial charge in [-0.3, -0.25) is 0 Å². The second kappa shape index (κ2) is 9.92. The van der Waals surface area contributed by atoms with E-state index in [1.54, 1.807) is 30.5 Å². The molecule has 28 heavy (non-hydrogen) atoms. The fourth-order valence-electron chi connectivity index (χ4n) is 3.44. The van der Waals surface area contributed by atoms with Gasteiger partial charge in [0.2, 0.25) is 0 Å². The Labute approximate surface area is 170 Å². The molecule has 0 unspecified atom stereocenters. The van der Waals surface area contributed by atoms with Gasteiger partial charge in [0.1, 0.15) is 0 Å². The maximum absolute atomic E-state index is 13.0. The van der Waals surface area contributed by atoms with Gasteiger partial charge in [0, 0.05) is 11.6 Å². The molecule has 3 nitrogen and oxygen atoms in total. The minimum absolute atomic E-state index is 0.318. The van der Waals surface area contributed by atoms with Gasteiger partial charge in [0.15, 0.2) is 0 Å². The van der Waals surface area contributed by atoms with Crippen molar-refractivity contribution >= 4 is 20.9 Å². The summed E-state index contributed by atoms with van der Waals surface area (Å²) in [5.74, 6) is 0.656. The third-order valence-corrected chi connectivity index (χ3v) is 6.54. The fourth-order valence-corrected chi connectivity index (χ4v) is 4.80. The van der Waals surface area contributed by atoms with E-state index in [4.69, 9.17) is 0 Å². The monoisotopic (exact) mass is 399 g/mol. The van der Waals surface area contributed by atoms with E-state index in [-0.39, 0.29) is 0 Å². The number of benzene rings is 2. The molecule has 1 aromatic heterocycles. The van der Waals surface area contributed by atoms with E-state index in [2.05, 4.69) is 26.8 Å². The number of fused-ring (bicyclic) bond motifs is 1. The first-order valence-corrected chi connectivity index (χ1v) is 11.8. The zero-order valence-electron chi connectivity index (χ0n) is 17.8. The smallest absolute Gasteiger partial charge is 0.241 e. The lowest BCUT2D eigenvalue weighted by Crippen LogP contribution is -2.11. The number of aryl methyl sites for hydroxylation is 2. The van der Waals surface area contributed by atoms with E-state index in [1.807, 2.05) is 32.0 Å². The van der Waals surface area contributed by atoms with Crippen LogP contribution in [0.15, 0.2) is 59.6 Å². The number of aromatic nitrogens is 1. The van der Waals surface area contributed by atoms with Crippen molar-refractivity contribution in [2.24, 2.45) is 5.92 Å². The van der Waals surface area contributed by atoms with E-state index in [0.29, 0.717) is 10.8 Å². The fraction of sp³-hybridized carbons (Fsp3) is 0.417. The van der Waals surface area contributed by atoms with Gasteiger partial charge in [-0.1, -0.05) is 65.3 Å². The van der Waals surface area contributed by atoms with E-state index in [1.165, 1.54) is 15.1 Å². The van der Waals surface area contributed by atoms with Crippen LogP contribution in [0.4, 0.5) is 0 Å². The average molecular weight is 400 g/mol. The summed E-state index contributed by atoms with van der Waals surface area (Å²) < 4.78 is 27.5. The maximum atomic E-state index is 13.0. The number of rotatable bonds is 7. The third kappa shape index (κ3) is 4.67. The highest BCUT2D eigenvalue weighted by molar-refractivity contribution is 7.90. The zero-order valence-corrected chi connectivity index (χ0v) is 18.6. The standard InChI is InChI=1S/C22H27NO2S.C2H6/c1-4-8-20-18(12-11-17(2)3)13-14-22-21(20)15-16-23(22)26(24,25)19-9-6-5-7-10-19;1-2/h5-7,9-10,13-17H,4,8,11-12H2,1-3H3;1-2H3. The molecule has 0 aliphatic rings. The summed E-state index contributed by atoms with van der Waals surface area (Å²) in [5, 5.41) is 1.06. The van der Waals surface area contributed by atoms with Crippen LogP contribution in [0.25, 0.3) is 10.9 Å². The van der Waals surface area contributed by atoms with Crippen LogP contribution in [-0.4, -0.2) is 12.4 Å². The van der Waals surface area contributed by atoms with E-state index < -0.39 is 10.0 Å². The molecular weight excluding hydrogens is 366 g/mol. The molecule has 0 spiro atoms. The highest BCUT2D eigenvalue weighted by Gasteiger charge is 2.20. The average Bonchev–Trinajstić information content (AvgIpc) is 3.15. The second-order valence-electron chi connectivity index (χ2n) is 7.25. The summed E-state index contributed by atoms with van der Waals surface area (Å²) in [6.45, 7) is 10.6. The number of hydrogen-bond acceptors (Lipinski definition) is 2. The Hall–Kier alpha value is -2.07. The van der Waals surface area contributed by atoms with Crippen LogP contribution < -0.4 is 0 Å². The van der Waals surface area contributed by atoms with Gasteiger partial charge in [0.05, 0.1) is 10.4 Å². The molecule has 0 saturated heterocycles. The van der Waals surface area contributed by atoms with Gasteiger partial charge >= 0.3 is 0 Å². The van der Waals surface area contributed by atoms with Gasteiger partial charge in [-0.15, -0.1) is 0 Å². The van der Waals surface area contributed by atoms with E-state index >= 15 is 0 Å². The van der Waals surface area contributed by atoms with Crippen LogP contribution in [0.5, 0.6) is 0 Å². The van der Waals surface area contributed by atoms with Crippen molar-refractivity contribution in [3.05, 3.63) is 65.9 Å². The van der Waals surface area contributed by atoms with E-state index in [9.17, 15) is 8.42 Å². The van der Waals surface area contributed by atoms with Crippen LogP contribution >= 0.6 is 0 Å². The Morgan fingerprint density at radius 3 is 2.21 bits per heavy atom. The zero-order chi connectivity index (χ0) is 20.7. The molecule has 4 heteroatoms. The molecule has 1 heterocycles. The first-order chi connectivity index (χ1) is 13.4. The van der Waals surface area contributed by atoms with Gasteiger partial charge in [-0.2, -0.15) is 0 Å². The summed E-state index contributed by atoms with van der Waals surface area (Å²) in [4.78, 5) is 0.318. The molecule has 0 fully saturated rings. The summed E-state index contributed by atoms with van der Waals surface area (Å²) in [6, 6.07) is 14.7. The Kier molecular flexibility index (Phi) is 7.88. The summed E-state index contributed by atoms with van der Waals surface area (Å²) >= 11 is 0. The van der Waals surface area contributed by atoms with Crippen molar-refractivity contribution in [3.8, 4) is 0 Å². The van der Waals surface area contributed by atoms with Crippen molar-refractivity contribution < 1.29 is 8.42 Å². The lowest BCUT2D eigenvalue weighted by molar-refractivity contribution is 0.585. The van der Waals surface area contributed by atoms with Crippen molar-refractivity contribution in [1.29, 1.82) is 0 Å². The quantitative estimate of drug-likeness (QED) is 0.458.